The Labute approximate surface area is 123 Å². The lowest BCUT2D eigenvalue weighted by Crippen LogP contribution is -2.30. The van der Waals surface area contributed by atoms with Gasteiger partial charge in [-0.05, 0) is 36.2 Å². The molecule has 0 heterocycles. The first-order valence-corrected chi connectivity index (χ1v) is 7.16. The molecule has 0 aromatic heterocycles. The summed E-state index contributed by atoms with van der Waals surface area (Å²) >= 11 is 3.65. The van der Waals surface area contributed by atoms with Crippen LogP contribution in [0.5, 0.6) is 0 Å². The molecule has 0 aliphatic carbocycles. The molecular formula is C16H19BrN2. The molecule has 1 unspecified atom stereocenters. The molecule has 3 heteroatoms. The average molecular weight is 319 g/mol. The normalized spacial score (nSPS) is 12.2. The quantitative estimate of drug-likeness (QED) is 0.926. The summed E-state index contributed by atoms with van der Waals surface area (Å²) in [6.07, 6.45) is 0. The van der Waals surface area contributed by atoms with Crippen LogP contribution < -0.4 is 10.6 Å². The van der Waals surface area contributed by atoms with Crippen LogP contribution in [-0.4, -0.2) is 13.6 Å². The Morgan fingerprint density at radius 1 is 1.16 bits per heavy atom. The van der Waals surface area contributed by atoms with Crippen molar-refractivity contribution in [3.05, 3.63) is 64.1 Å². The molecule has 2 aromatic carbocycles. The number of hydrogen-bond acceptors (Lipinski definition) is 2. The van der Waals surface area contributed by atoms with E-state index in [4.69, 9.17) is 5.73 Å². The molecule has 0 spiro atoms. The lowest BCUT2D eigenvalue weighted by atomic mass is 10.0. The number of aryl methyl sites for hydroxylation is 1. The van der Waals surface area contributed by atoms with Gasteiger partial charge in [0.2, 0.25) is 0 Å². The molecule has 2 rings (SSSR count). The van der Waals surface area contributed by atoms with Gasteiger partial charge >= 0.3 is 0 Å². The van der Waals surface area contributed by atoms with Gasteiger partial charge in [-0.25, -0.2) is 0 Å². The maximum Gasteiger partial charge on any atom is 0.0672 e. The number of nitrogens with zero attached hydrogens (tertiary/aromatic N) is 1. The van der Waals surface area contributed by atoms with E-state index in [0.29, 0.717) is 6.54 Å². The topological polar surface area (TPSA) is 29.3 Å². The number of likely N-dealkylation sites (N-methyl/N-ethyl adjacent to an activating group) is 1. The minimum absolute atomic E-state index is 0.164. The minimum Gasteiger partial charge on any atom is -0.366 e. The maximum atomic E-state index is 5.99. The highest BCUT2D eigenvalue weighted by atomic mass is 79.9. The summed E-state index contributed by atoms with van der Waals surface area (Å²) in [6.45, 7) is 2.67. The molecule has 0 fully saturated rings. The second-order valence-corrected chi connectivity index (χ2v) is 5.58. The van der Waals surface area contributed by atoms with E-state index in [1.165, 1.54) is 16.8 Å². The monoisotopic (exact) mass is 318 g/mol. The Morgan fingerprint density at radius 3 is 2.42 bits per heavy atom. The van der Waals surface area contributed by atoms with E-state index in [1.807, 2.05) is 18.2 Å². The molecule has 2 N–H and O–H groups in total. The summed E-state index contributed by atoms with van der Waals surface area (Å²) in [5, 5.41) is 0. The Bertz CT molecular complexity index is 540. The number of benzene rings is 2. The molecular weight excluding hydrogens is 300 g/mol. The van der Waals surface area contributed by atoms with Crippen LogP contribution in [0.2, 0.25) is 0 Å². The summed E-state index contributed by atoms with van der Waals surface area (Å²) in [5.74, 6) is 0. The summed E-state index contributed by atoms with van der Waals surface area (Å²) in [7, 11) is 2.08. The molecule has 1 atom stereocenters. The van der Waals surface area contributed by atoms with Gasteiger partial charge in [0.25, 0.3) is 0 Å². The van der Waals surface area contributed by atoms with Gasteiger partial charge in [0.1, 0.15) is 0 Å². The van der Waals surface area contributed by atoms with Crippen molar-refractivity contribution in [1.29, 1.82) is 0 Å². The van der Waals surface area contributed by atoms with E-state index >= 15 is 0 Å². The number of para-hydroxylation sites is 1. The van der Waals surface area contributed by atoms with Gasteiger partial charge in [-0.3, -0.25) is 0 Å². The van der Waals surface area contributed by atoms with Crippen LogP contribution in [0.3, 0.4) is 0 Å². The zero-order chi connectivity index (χ0) is 13.8. The van der Waals surface area contributed by atoms with Gasteiger partial charge in [-0.15, -0.1) is 0 Å². The Kier molecular flexibility index (Phi) is 4.61. The van der Waals surface area contributed by atoms with Crippen LogP contribution in [0.1, 0.15) is 17.2 Å². The third kappa shape index (κ3) is 3.17. The van der Waals surface area contributed by atoms with Gasteiger partial charge in [-0.2, -0.15) is 0 Å². The van der Waals surface area contributed by atoms with E-state index < -0.39 is 0 Å². The van der Waals surface area contributed by atoms with Crippen molar-refractivity contribution in [2.75, 3.05) is 18.5 Å². The maximum absolute atomic E-state index is 5.99. The fourth-order valence-electron chi connectivity index (χ4n) is 2.24. The number of halogens is 1. The molecule has 0 bridgehead atoms. The highest BCUT2D eigenvalue weighted by Crippen LogP contribution is 2.30. The van der Waals surface area contributed by atoms with Gasteiger partial charge in [-0.1, -0.05) is 46.3 Å². The molecule has 2 aromatic rings. The van der Waals surface area contributed by atoms with Crippen molar-refractivity contribution in [2.45, 2.75) is 13.0 Å². The predicted molar refractivity (Wildman–Crippen MR) is 85.5 cm³/mol. The van der Waals surface area contributed by atoms with Gasteiger partial charge in [0.15, 0.2) is 0 Å². The SMILES string of the molecule is Cc1ccc(C(CN)N(C)c2ccccc2)c(Br)c1. The summed E-state index contributed by atoms with van der Waals surface area (Å²) in [4.78, 5) is 2.22. The van der Waals surface area contributed by atoms with Crippen molar-refractivity contribution in [3.63, 3.8) is 0 Å². The summed E-state index contributed by atoms with van der Waals surface area (Å²) in [6, 6.07) is 16.9. The van der Waals surface area contributed by atoms with Crippen molar-refractivity contribution in [2.24, 2.45) is 5.73 Å². The Hall–Kier alpha value is -1.32. The lowest BCUT2D eigenvalue weighted by Gasteiger charge is -2.30. The first-order chi connectivity index (χ1) is 9.13. The fourth-order valence-corrected chi connectivity index (χ4v) is 3.00. The third-order valence-electron chi connectivity index (χ3n) is 3.37. The second kappa shape index (κ2) is 6.22. The van der Waals surface area contributed by atoms with Crippen LogP contribution in [0, 0.1) is 6.92 Å². The van der Waals surface area contributed by atoms with Crippen LogP contribution in [0.4, 0.5) is 5.69 Å². The molecule has 0 saturated heterocycles. The molecule has 2 nitrogen and oxygen atoms in total. The first kappa shape index (κ1) is 14.1. The molecule has 0 saturated carbocycles. The molecule has 100 valence electrons. The zero-order valence-electron chi connectivity index (χ0n) is 11.3. The van der Waals surface area contributed by atoms with Crippen molar-refractivity contribution >= 4 is 21.6 Å². The van der Waals surface area contributed by atoms with Crippen molar-refractivity contribution < 1.29 is 0 Å². The molecule has 0 amide bonds. The highest BCUT2D eigenvalue weighted by molar-refractivity contribution is 9.10. The van der Waals surface area contributed by atoms with E-state index in [9.17, 15) is 0 Å². The van der Waals surface area contributed by atoms with Gasteiger partial charge < -0.3 is 10.6 Å². The largest absolute Gasteiger partial charge is 0.366 e. The van der Waals surface area contributed by atoms with Crippen LogP contribution in [-0.2, 0) is 0 Å². The highest BCUT2D eigenvalue weighted by Gasteiger charge is 2.18. The van der Waals surface area contributed by atoms with Crippen LogP contribution in [0.15, 0.2) is 53.0 Å². The van der Waals surface area contributed by atoms with Crippen LogP contribution in [0.25, 0.3) is 0 Å². The number of hydrogen-bond donors (Lipinski definition) is 1. The van der Waals surface area contributed by atoms with Crippen LogP contribution >= 0.6 is 15.9 Å². The standard InChI is InChI=1S/C16H19BrN2/c1-12-8-9-14(15(17)10-12)16(11-18)19(2)13-6-4-3-5-7-13/h3-10,16H,11,18H2,1-2H3. The number of rotatable bonds is 4. The van der Waals surface area contributed by atoms with Crippen molar-refractivity contribution in [3.8, 4) is 0 Å². The molecule has 0 radical (unpaired) electrons. The minimum atomic E-state index is 0.164. The smallest absolute Gasteiger partial charge is 0.0672 e. The fraction of sp³-hybridized carbons (Fsp3) is 0.250. The second-order valence-electron chi connectivity index (χ2n) is 4.72. The average Bonchev–Trinajstić information content (AvgIpc) is 2.42. The number of nitrogens with two attached hydrogens (primary N) is 1. The number of anilines is 1. The van der Waals surface area contributed by atoms with Gasteiger partial charge in [0, 0.05) is 23.8 Å². The van der Waals surface area contributed by atoms with E-state index in [0.717, 1.165) is 4.47 Å². The van der Waals surface area contributed by atoms with E-state index in [1.54, 1.807) is 0 Å². The Balaban J connectivity index is 2.34. The van der Waals surface area contributed by atoms with Gasteiger partial charge in [0.05, 0.1) is 6.04 Å². The van der Waals surface area contributed by atoms with E-state index in [-0.39, 0.29) is 6.04 Å². The molecule has 19 heavy (non-hydrogen) atoms. The van der Waals surface area contributed by atoms with E-state index in [2.05, 4.69) is 65.1 Å². The molecule has 0 aliphatic heterocycles. The third-order valence-corrected chi connectivity index (χ3v) is 4.06. The zero-order valence-corrected chi connectivity index (χ0v) is 12.9. The predicted octanol–water partition coefficient (Wildman–Crippen LogP) is 3.89. The summed E-state index contributed by atoms with van der Waals surface area (Å²) < 4.78 is 1.12. The molecule has 0 aliphatic rings. The summed E-state index contributed by atoms with van der Waals surface area (Å²) in [5.41, 5.74) is 9.63. The first-order valence-electron chi connectivity index (χ1n) is 6.37. The Morgan fingerprint density at radius 2 is 1.84 bits per heavy atom. The lowest BCUT2D eigenvalue weighted by molar-refractivity contribution is 0.678. The van der Waals surface area contributed by atoms with Crippen molar-refractivity contribution in [1.82, 2.24) is 0 Å².